The van der Waals surface area contributed by atoms with Gasteiger partial charge in [-0.1, -0.05) is 49.0 Å². The molecule has 200 valence electrons. The number of amides is 3. The van der Waals surface area contributed by atoms with Gasteiger partial charge in [0.15, 0.2) is 5.16 Å². The Morgan fingerprint density at radius 3 is 2.56 bits per heavy atom. The van der Waals surface area contributed by atoms with Gasteiger partial charge in [0.1, 0.15) is 11.0 Å². The number of nitrogens with zero attached hydrogens (tertiary/aromatic N) is 5. The van der Waals surface area contributed by atoms with E-state index < -0.39 is 0 Å². The number of nitrogens with one attached hydrogen (secondary N) is 2. The van der Waals surface area contributed by atoms with Crippen LogP contribution in [0, 0.1) is 0 Å². The molecule has 3 heterocycles. The minimum atomic E-state index is -0.0200. The van der Waals surface area contributed by atoms with E-state index in [4.69, 9.17) is 11.6 Å². The number of rotatable bonds is 8. The summed E-state index contributed by atoms with van der Waals surface area (Å²) in [5.74, 6) is 0.973. The minimum Gasteiger partial charge on any atom is -0.354 e. The van der Waals surface area contributed by atoms with Gasteiger partial charge in [-0.15, -0.1) is 0 Å². The molecule has 1 aliphatic carbocycles. The van der Waals surface area contributed by atoms with Crippen LogP contribution in [0.5, 0.6) is 0 Å². The molecule has 2 saturated heterocycles. The van der Waals surface area contributed by atoms with Gasteiger partial charge in [-0.2, -0.15) is 0 Å². The quantitative estimate of drug-likeness (QED) is 0.298. The van der Waals surface area contributed by atoms with Crippen LogP contribution in [0.15, 0.2) is 11.2 Å². The molecule has 0 aromatic carbocycles. The summed E-state index contributed by atoms with van der Waals surface area (Å²) in [5, 5.41) is 7.08. The van der Waals surface area contributed by atoms with Crippen molar-refractivity contribution >= 4 is 41.1 Å². The monoisotopic (exact) mass is 537 g/mol. The fourth-order valence-corrected chi connectivity index (χ4v) is 6.21. The average Bonchev–Trinajstić information content (AvgIpc) is 2.88. The fraction of sp³-hybridized carbons (Fsp3) is 0.760. The van der Waals surface area contributed by atoms with Gasteiger partial charge in [-0.3, -0.25) is 4.79 Å². The smallest absolute Gasteiger partial charge is 0.317 e. The van der Waals surface area contributed by atoms with E-state index in [1.165, 1.54) is 50.3 Å². The van der Waals surface area contributed by atoms with Gasteiger partial charge in [-0.25, -0.2) is 14.8 Å². The molecule has 3 amide bonds. The molecule has 1 saturated carbocycles. The SMILES string of the molecule is CC1CN(c2cc(Cl)nc(SCC(=O)NCCN3CCCCC3)n2)CCN1C(=O)NC1CCCCC1. The Balaban J connectivity index is 1.23. The highest BCUT2D eigenvalue weighted by atomic mass is 35.5. The Labute approximate surface area is 224 Å². The number of piperazine rings is 1. The second-order valence-electron chi connectivity index (χ2n) is 10.1. The summed E-state index contributed by atoms with van der Waals surface area (Å²) in [4.78, 5) is 40.6. The molecule has 1 aromatic rings. The highest BCUT2D eigenvalue weighted by Crippen LogP contribution is 2.24. The lowest BCUT2D eigenvalue weighted by molar-refractivity contribution is -0.118. The number of halogens is 1. The van der Waals surface area contributed by atoms with E-state index in [9.17, 15) is 9.59 Å². The first-order valence-electron chi connectivity index (χ1n) is 13.5. The third kappa shape index (κ3) is 8.11. The molecule has 2 aliphatic heterocycles. The van der Waals surface area contributed by atoms with E-state index >= 15 is 0 Å². The number of anilines is 1. The Kier molecular flexibility index (Phi) is 10.4. The molecular weight excluding hydrogens is 498 g/mol. The third-order valence-corrected chi connectivity index (χ3v) is 8.38. The van der Waals surface area contributed by atoms with Gasteiger partial charge < -0.3 is 25.3 Å². The van der Waals surface area contributed by atoms with Gasteiger partial charge in [0, 0.05) is 50.9 Å². The molecule has 1 unspecified atom stereocenters. The summed E-state index contributed by atoms with van der Waals surface area (Å²) < 4.78 is 0. The number of carbonyl (C=O) groups excluding carboxylic acids is 2. The standard InChI is InChI=1S/C25H40ClN7O2S/c1-19-17-32(14-15-33(19)25(35)28-20-8-4-2-5-9-20)22-16-21(26)29-24(30-22)36-18-23(34)27-10-13-31-11-6-3-7-12-31/h16,19-20H,2-15,17-18H2,1H3,(H,27,34)(H,28,35). The minimum absolute atomic E-state index is 0.0200. The largest absolute Gasteiger partial charge is 0.354 e. The molecule has 0 radical (unpaired) electrons. The Hall–Kier alpha value is -1.78. The molecule has 1 aromatic heterocycles. The van der Waals surface area contributed by atoms with E-state index in [1.54, 1.807) is 6.07 Å². The molecule has 36 heavy (non-hydrogen) atoms. The van der Waals surface area contributed by atoms with Gasteiger partial charge in [0.2, 0.25) is 5.91 Å². The van der Waals surface area contributed by atoms with Crippen molar-refractivity contribution in [3.8, 4) is 0 Å². The van der Waals surface area contributed by atoms with Crippen molar-refractivity contribution in [1.82, 2.24) is 30.4 Å². The highest BCUT2D eigenvalue weighted by molar-refractivity contribution is 7.99. The number of urea groups is 1. The van der Waals surface area contributed by atoms with Crippen LogP contribution in [0.1, 0.15) is 58.3 Å². The van der Waals surface area contributed by atoms with Crippen molar-refractivity contribution in [2.45, 2.75) is 75.5 Å². The van der Waals surface area contributed by atoms with Crippen LogP contribution < -0.4 is 15.5 Å². The molecule has 2 N–H and O–H groups in total. The summed E-state index contributed by atoms with van der Waals surface area (Å²) in [7, 11) is 0. The fourth-order valence-electron chi connectivity index (χ4n) is 5.30. The molecule has 11 heteroatoms. The van der Waals surface area contributed by atoms with Crippen LogP contribution in [-0.2, 0) is 4.79 Å². The van der Waals surface area contributed by atoms with Crippen molar-refractivity contribution in [2.24, 2.45) is 0 Å². The zero-order valence-corrected chi connectivity index (χ0v) is 23.0. The Morgan fingerprint density at radius 1 is 1.06 bits per heavy atom. The maximum Gasteiger partial charge on any atom is 0.317 e. The van der Waals surface area contributed by atoms with Gasteiger partial charge in [0.25, 0.3) is 0 Å². The van der Waals surface area contributed by atoms with Gasteiger partial charge >= 0.3 is 6.03 Å². The number of likely N-dealkylation sites (tertiary alicyclic amines) is 1. The van der Waals surface area contributed by atoms with E-state index in [0.717, 1.165) is 38.3 Å². The number of aromatic nitrogens is 2. The lowest BCUT2D eigenvalue weighted by atomic mass is 9.96. The van der Waals surface area contributed by atoms with Crippen LogP contribution in [0.25, 0.3) is 0 Å². The first kappa shape index (κ1) is 27.3. The zero-order chi connectivity index (χ0) is 25.3. The first-order chi connectivity index (χ1) is 17.5. The summed E-state index contributed by atoms with van der Waals surface area (Å²) in [6.45, 7) is 7.87. The topological polar surface area (TPSA) is 93.7 Å². The predicted octanol–water partition coefficient (Wildman–Crippen LogP) is 3.38. The summed E-state index contributed by atoms with van der Waals surface area (Å²) >= 11 is 7.61. The van der Waals surface area contributed by atoms with Crippen molar-refractivity contribution < 1.29 is 9.59 Å². The van der Waals surface area contributed by atoms with Crippen molar-refractivity contribution in [1.29, 1.82) is 0 Å². The van der Waals surface area contributed by atoms with Crippen LogP contribution in [0.2, 0.25) is 5.15 Å². The van der Waals surface area contributed by atoms with E-state index in [0.29, 0.717) is 42.5 Å². The maximum atomic E-state index is 12.8. The van der Waals surface area contributed by atoms with Crippen LogP contribution >= 0.6 is 23.4 Å². The van der Waals surface area contributed by atoms with Crippen molar-refractivity contribution in [3.05, 3.63) is 11.2 Å². The number of piperidine rings is 1. The zero-order valence-electron chi connectivity index (χ0n) is 21.4. The molecule has 3 fully saturated rings. The van der Waals surface area contributed by atoms with Crippen LogP contribution in [0.4, 0.5) is 10.6 Å². The van der Waals surface area contributed by atoms with Gasteiger partial charge in [-0.05, 0) is 45.7 Å². The van der Waals surface area contributed by atoms with Crippen LogP contribution in [-0.4, -0.2) is 95.4 Å². The number of carbonyl (C=O) groups is 2. The van der Waals surface area contributed by atoms with Gasteiger partial charge in [0.05, 0.1) is 5.75 Å². The Bertz CT molecular complexity index is 880. The van der Waals surface area contributed by atoms with E-state index in [2.05, 4.69) is 37.3 Å². The molecule has 3 aliphatic rings. The third-order valence-electron chi connectivity index (χ3n) is 7.34. The van der Waals surface area contributed by atoms with E-state index in [1.807, 2.05) is 4.90 Å². The summed E-state index contributed by atoms with van der Waals surface area (Å²) in [6, 6.07) is 2.16. The van der Waals surface area contributed by atoms with E-state index in [-0.39, 0.29) is 23.7 Å². The number of hydrogen-bond donors (Lipinski definition) is 2. The lowest BCUT2D eigenvalue weighted by Gasteiger charge is -2.41. The normalized spacial score (nSPS) is 21.9. The maximum absolute atomic E-state index is 12.8. The Morgan fingerprint density at radius 2 is 1.81 bits per heavy atom. The first-order valence-corrected chi connectivity index (χ1v) is 14.8. The highest BCUT2D eigenvalue weighted by Gasteiger charge is 2.30. The molecule has 1 atom stereocenters. The number of thioether (sulfide) groups is 1. The second-order valence-corrected chi connectivity index (χ2v) is 11.5. The second kappa shape index (κ2) is 13.7. The number of hydrogen-bond acceptors (Lipinski definition) is 7. The van der Waals surface area contributed by atoms with Crippen LogP contribution in [0.3, 0.4) is 0 Å². The average molecular weight is 538 g/mol. The lowest BCUT2D eigenvalue weighted by Crippen LogP contribution is -2.58. The molecule has 0 spiro atoms. The summed E-state index contributed by atoms with van der Waals surface area (Å²) in [6.07, 6.45) is 9.64. The molecule has 9 nitrogen and oxygen atoms in total. The predicted molar refractivity (Wildman–Crippen MR) is 145 cm³/mol. The molecular formula is C25H40ClN7O2S. The van der Waals surface area contributed by atoms with Crippen molar-refractivity contribution in [3.63, 3.8) is 0 Å². The van der Waals surface area contributed by atoms with Crippen molar-refractivity contribution in [2.75, 3.05) is 56.5 Å². The molecule has 0 bridgehead atoms. The molecule has 4 rings (SSSR count). The summed E-state index contributed by atoms with van der Waals surface area (Å²) in [5.41, 5.74) is 0.